The zero-order valence-electron chi connectivity index (χ0n) is 12.7. The predicted molar refractivity (Wildman–Crippen MR) is 90.0 cm³/mol. The second-order valence-corrected chi connectivity index (χ2v) is 5.78. The molecule has 2 aromatic heterocycles. The molecule has 110 valence electrons. The fourth-order valence-corrected chi connectivity index (χ4v) is 3.18. The van der Waals surface area contributed by atoms with Crippen LogP contribution in [0.25, 0.3) is 32.7 Å². The molecule has 0 spiro atoms. The summed E-state index contributed by atoms with van der Waals surface area (Å²) in [5.74, 6) is 0. The van der Waals surface area contributed by atoms with E-state index in [0.717, 1.165) is 28.4 Å². The van der Waals surface area contributed by atoms with Crippen molar-refractivity contribution in [3.63, 3.8) is 0 Å². The van der Waals surface area contributed by atoms with Gasteiger partial charge in [-0.2, -0.15) is 0 Å². The van der Waals surface area contributed by atoms with E-state index in [1.54, 1.807) is 6.26 Å². The van der Waals surface area contributed by atoms with Gasteiger partial charge in [0.15, 0.2) is 0 Å². The normalized spacial score (nSPS) is 11.7. The van der Waals surface area contributed by atoms with Crippen LogP contribution in [0.3, 0.4) is 0 Å². The second-order valence-electron chi connectivity index (χ2n) is 5.78. The zero-order valence-corrected chi connectivity index (χ0v) is 12.7. The number of benzene rings is 2. The summed E-state index contributed by atoms with van der Waals surface area (Å²) in [7, 11) is 0. The van der Waals surface area contributed by atoms with E-state index in [-0.39, 0.29) is 0 Å². The van der Waals surface area contributed by atoms with E-state index < -0.39 is 0 Å². The molecule has 0 atom stereocenters. The van der Waals surface area contributed by atoms with Crippen molar-refractivity contribution >= 4 is 32.7 Å². The monoisotopic (exact) mass is 290 g/mol. The number of hydrogen-bond acceptors (Lipinski definition) is 3. The van der Waals surface area contributed by atoms with Crippen molar-refractivity contribution in [2.24, 2.45) is 0 Å². The van der Waals surface area contributed by atoms with Gasteiger partial charge < -0.3 is 4.52 Å². The summed E-state index contributed by atoms with van der Waals surface area (Å²) in [6, 6.07) is 12.4. The van der Waals surface area contributed by atoms with Crippen molar-refractivity contribution in [3.8, 4) is 0 Å². The first-order chi connectivity index (χ1) is 10.9. The third-order valence-corrected chi connectivity index (χ3v) is 4.30. The Balaban J connectivity index is 2.00. The average molecular weight is 290 g/mol. The molecule has 0 bridgehead atoms. The summed E-state index contributed by atoms with van der Waals surface area (Å²) < 4.78 is 5.30. The minimum absolute atomic E-state index is 0.893. The maximum atomic E-state index is 5.30. The molecule has 0 saturated carbocycles. The maximum absolute atomic E-state index is 5.30. The van der Waals surface area contributed by atoms with Gasteiger partial charge in [0.1, 0.15) is 11.8 Å². The van der Waals surface area contributed by atoms with E-state index in [1.165, 1.54) is 35.6 Å². The number of aryl methyl sites for hydroxylation is 1. The molecule has 4 aromatic rings. The Morgan fingerprint density at radius 3 is 2.77 bits per heavy atom. The number of unbranched alkanes of at least 4 members (excludes halogenated alkanes) is 2. The molecule has 0 saturated heterocycles. The molecule has 0 aliphatic carbocycles. The summed E-state index contributed by atoms with van der Waals surface area (Å²) in [5.41, 5.74) is 4.20. The van der Waals surface area contributed by atoms with Gasteiger partial charge in [0.05, 0.1) is 11.0 Å². The Morgan fingerprint density at radius 1 is 0.955 bits per heavy atom. The van der Waals surface area contributed by atoms with Crippen LogP contribution in [0.4, 0.5) is 0 Å². The van der Waals surface area contributed by atoms with Crippen LogP contribution in [0.5, 0.6) is 0 Å². The first kappa shape index (κ1) is 13.3. The zero-order chi connectivity index (χ0) is 14.9. The van der Waals surface area contributed by atoms with Gasteiger partial charge in [-0.15, -0.1) is 0 Å². The van der Waals surface area contributed by atoms with E-state index in [2.05, 4.69) is 36.3 Å². The van der Waals surface area contributed by atoms with Crippen LogP contribution < -0.4 is 0 Å². The van der Waals surface area contributed by atoms with Gasteiger partial charge in [-0.3, -0.25) is 0 Å². The molecule has 0 amide bonds. The van der Waals surface area contributed by atoms with Crippen molar-refractivity contribution in [1.29, 1.82) is 0 Å². The Kier molecular flexibility index (Phi) is 3.26. The highest BCUT2D eigenvalue weighted by Crippen LogP contribution is 2.32. The Bertz CT molecular complexity index is 956. The van der Waals surface area contributed by atoms with Crippen LogP contribution in [0.15, 0.2) is 47.2 Å². The van der Waals surface area contributed by atoms with E-state index in [4.69, 9.17) is 9.51 Å². The molecule has 0 fully saturated rings. The number of aromatic nitrogens is 2. The average Bonchev–Trinajstić information content (AvgIpc) is 2.94. The molecule has 0 unspecified atom stereocenters. The van der Waals surface area contributed by atoms with Crippen LogP contribution in [0, 0.1) is 0 Å². The van der Waals surface area contributed by atoms with Crippen molar-refractivity contribution in [3.05, 3.63) is 48.2 Å². The fraction of sp³-hybridized carbons (Fsp3) is 0.263. The van der Waals surface area contributed by atoms with Crippen LogP contribution in [-0.4, -0.2) is 10.1 Å². The smallest absolute Gasteiger partial charge is 0.126 e. The van der Waals surface area contributed by atoms with Crippen LogP contribution in [0.1, 0.15) is 31.7 Å². The quantitative estimate of drug-likeness (QED) is 0.481. The summed E-state index contributed by atoms with van der Waals surface area (Å²) in [6.07, 6.45) is 6.42. The van der Waals surface area contributed by atoms with Crippen molar-refractivity contribution in [2.45, 2.75) is 32.6 Å². The van der Waals surface area contributed by atoms with Crippen LogP contribution >= 0.6 is 0 Å². The largest absolute Gasteiger partial charge is 0.364 e. The van der Waals surface area contributed by atoms with E-state index >= 15 is 0 Å². The number of rotatable bonds is 4. The molecule has 3 heteroatoms. The minimum atomic E-state index is 0.893. The molecule has 4 rings (SSSR count). The minimum Gasteiger partial charge on any atom is -0.364 e. The lowest BCUT2D eigenvalue weighted by molar-refractivity contribution is 0.407. The highest BCUT2D eigenvalue weighted by molar-refractivity contribution is 6.16. The molecule has 0 aliphatic heterocycles. The summed E-state index contributed by atoms with van der Waals surface area (Å²) in [6.45, 7) is 2.22. The third kappa shape index (κ3) is 2.05. The van der Waals surface area contributed by atoms with E-state index in [1.807, 2.05) is 12.1 Å². The Labute approximate surface area is 128 Å². The van der Waals surface area contributed by atoms with Crippen LogP contribution in [-0.2, 0) is 6.42 Å². The topological polar surface area (TPSA) is 38.9 Å². The molecule has 3 nitrogen and oxygen atoms in total. The van der Waals surface area contributed by atoms with Gasteiger partial charge in [-0.25, -0.2) is 4.98 Å². The van der Waals surface area contributed by atoms with E-state index in [9.17, 15) is 0 Å². The fourth-order valence-electron chi connectivity index (χ4n) is 3.18. The van der Waals surface area contributed by atoms with Crippen molar-refractivity contribution in [2.75, 3.05) is 0 Å². The Morgan fingerprint density at radius 2 is 1.86 bits per heavy atom. The molecule has 2 heterocycles. The van der Waals surface area contributed by atoms with Gasteiger partial charge in [0.2, 0.25) is 0 Å². The van der Waals surface area contributed by atoms with Gasteiger partial charge in [-0.05, 0) is 31.0 Å². The second kappa shape index (κ2) is 5.41. The van der Waals surface area contributed by atoms with Gasteiger partial charge >= 0.3 is 0 Å². The molecule has 22 heavy (non-hydrogen) atoms. The molecular weight excluding hydrogens is 272 g/mol. The molecule has 0 aliphatic rings. The first-order valence-electron chi connectivity index (χ1n) is 7.93. The lowest BCUT2D eigenvalue weighted by Crippen LogP contribution is -1.91. The number of para-hydroxylation sites is 1. The van der Waals surface area contributed by atoms with Gasteiger partial charge in [-0.1, -0.05) is 43.1 Å². The lowest BCUT2D eigenvalue weighted by atomic mass is 10.0. The summed E-state index contributed by atoms with van der Waals surface area (Å²) in [4.78, 5) is 4.85. The number of nitrogens with zero attached hydrogens (tertiary/aromatic N) is 2. The third-order valence-electron chi connectivity index (χ3n) is 4.30. The van der Waals surface area contributed by atoms with E-state index in [0.29, 0.717) is 0 Å². The lowest BCUT2D eigenvalue weighted by Gasteiger charge is -2.05. The highest BCUT2D eigenvalue weighted by Gasteiger charge is 2.13. The molecular formula is C19H18N2O. The summed E-state index contributed by atoms with van der Waals surface area (Å²) >= 11 is 0. The number of fused-ring (bicyclic) bond motifs is 5. The molecule has 0 N–H and O–H groups in total. The molecule has 0 radical (unpaired) electrons. The van der Waals surface area contributed by atoms with Gasteiger partial charge in [0.25, 0.3) is 0 Å². The maximum Gasteiger partial charge on any atom is 0.126 e. The number of hydrogen-bond donors (Lipinski definition) is 0. The highest BCUT2D eigenvalue weighted by atomic mass is 16.4. The van der Waals surface area contributed by atoms with Crippen LogP contribution in [0.2, 0.25) is 0 Å². The first-order valence-corrected chi connectivity index (χ1v) is 7.93. The van der Waals surface area contributed by atoms with Gasteiger partial charge in [0, 0.05) is 21.7 Å². The van der Waals surface area contributed by atoms with Crippen molar-refractivity contribution < 1.29 is 4.52 Å². The molecule has 2 aromatic carbocycles. The standard InChI is InChI=1S/C19H18N2O/c1-2-3-4-7-13-12-22-21-17-11-10-15-14-8-5-6-9-16(14)20-19(15)18(13)17/h5-6,8-12H,2-4,7H2,1H3. The van der Waals surface area contributed by atoms with Crippen molar-refractivity contribution in [1.82, 2.24) is 10.1 Å². The summed E-state index contributed by atoms with van der Waals surface area (Å²) in [5, 5.41) is 7.73. The predicted octanol–water partition coefficient (Wildman–Crippen LogP) is 5.26. The SMILES string of the molecule is CCCCCc1conc2ccc3c4ccccc4nc3c12. The Hall–Kier alpha value is -2.42.